The van der Waals surface area contributed by atoms with Gasteiger partial charge in [-0.2, -0.15) is 4.98 Å². The Labute approximate surface area is 174 Å². The first-order valence-corrected chi connectivity index (χ1v) is 9.55. The topological polar surface area (TPSA) is 86.9 Å². The summed E-state index contributed by atoms with van der Waals surface area (Å²) < 4.78 is 21.5. The Hall–Kier alpha value is -3.55. The van der Waals surface area contributed by atoms with Crippen molar-refractivity contribution < 1.29 is 23.5 Å². The molecule has 0 radical (unpaired) electrons. The molecule has 156 valence electrons. The minimum atomic E-state index is -0.166. The second-order valence-corrected chi connectivity index (χ2v) is 7.11. The van der Waals surface area contributed by atoms with Gasteiger partial charge in [0.1, 0.15) is 5.75 Å². The lowest BCUT2D eigenvalue weighted by molar-refractivity contribution is -0.117. The molecule has 4 rings (SSSR count). The summed E-state index contributed by atoms with van der Waals surface area (Å²) in [6.45, 7) is 2.44. The molecule has 8 heteroatoms. The van der Waals surface area contributed by atoms with E-state index in [1.807, 2.05) is 31.2 Å². The van der Waals surface area contributed by atoms with E-state index in [4.69, 9.17) is 18.7 Å². The number of carbonyl (C=O) groups is 1. The van der Waals surface area contributed by atoms with Gasteiger partial charge in [-0.15, -0.1) is 0 Å². The second kappa shape index (κ2) is 8.06. The zero-order valence-electron chi connectivity index (χ0n) is 17.3. The van der Waals surface area contributed by atoms with E-state index in [9.17, 15) is 4.79 Å². The minimum absolute atomic E-state index is 0.00127. The molecule has 2 heterocycles. The average molecular weight is 409 g/mol. The smallest absolute Gasteiger partial charge is 0.258 e. The van der Waals surface area contributed by atoms with Crippen LogP contribution in [0.15, 0.2) is 40.9 Å². The highest BCUT2D eigenvalue weighted by Gasteiger charge is 2.36. The zero-order chi connectivity index (χ0) is 21.3. The standard InChI is InChI=1S/C22H23N3O5/c1-13-5-7-17(27-2)16(9-13)25-12-15(11-20(25)26)21-23-22(30-24-21)14-6-8-18(28-3)19(10-14)29-4/h5-10,15H,11-12H2,1-4H3. The summed E-state index contributed by atoms with van der Waals surface area (Å²) in [5.41, 5.74) is 2.53. The molecule has 1 fully saturated rings. The molecule has 0 N–H and O–H groups in total. The SMILES string of the molecule is COc1ccc(-c2nc(C3CC(=O)N(c4cc(C)ccc4OC)C3)no2)cc1OC. The van der Waals surface area contributed by atoms with Crippen LogP contribution in [-0.4, -0.2) is 43.9 Å². The van der Waals surface area contributed by atoms with Gasteiger partial charge in [0.05, 0.1) is 27.0 Å². The highest BCUT2D eigenvalue weighted by atomic mass is 16.5. The lowest BCUT2D eigenvalue weighted by atomic mass is 10.1. The van der Waals surface area contributed by atoms with Gasteiger partial charge in [0.2, 0.25) is 5.91 Å². The number of aryl methyl sites for hydroxylation is 1. The van der Waals surface area contributed by atoms with Gasteiger partial charge >= 0.3 is 0 Å². The second-order valence-electron chi connectivity index (χ2n) is 7.11. The van der Waals surface area contributed by atoms with Crippen LogP contribution in [-0.2, 0) is 4.79 Å². The number of carbonyl (C=O) groups excluding carboxylic acids is 1. The molecule has 1 amide bonds. The van der Waals surface area contributed by atoms with Gasteiger partial charge in [0.15, 0.2) is 17.3 Å². The molecule has 3 aromatic rings. The maximum Gasteiger partial charge on any atom is 0.258 e. The van der Waals surface area contributed by atoms with Gasteiger partial charge in [-0.1, -0.05) is 11.2 Å². The summed E-state index contributed by atoms with van der Waals surface area (Å²) >= 11 is 0. The Morgan fingerprint density at radius 2 is 1.73 bits per heavy atom. The molecule has 1 atom stereocenters. The number of amides is 1. The lowest BCUT2D eigenvalue weighted by Crippen LogP contribution is -2.25. The van der Waals surface area contributed by atoms with E-state index < -0.39 is 0 Å². The first-order chi connectivity index (χ1) is 14.5. The average Bonchev–Trinajstić information content (AvgIpc) is 3.40. The molecule has 1 aromatic heterocycles. The van der Waals surface area contributed by atoms with Gasteiger partial charge in [-0.3, -0.25) is 4.79 Å². The van der Waals surface area contributed by atoms with Crippen molar-refractivity contribution in [2.24, 2.45) is 0 Å². The molecule has 1 unspecified atom stereocenters. The monoisotopic (exact) mass is 409 g/mol. The minimum Gasteiger partial charge on any atom is -0.495 e. The molecular formula is C22H23N3O5. The van der Waals surface area contributed by atoms with Crippen LogP contribution in [0.2, 0.25) is 0 Å². The number of hydrogen-bond acceptors (Lipinski definition) is 7. The van der Waals surface area contributed by atoms with Crippen molar-refractivity contribution >= 4 is 11.6 Å². The fourth-order valence-corrected chi connectivity index (χ4v) is 3.61. The molecule has 8 nitrogen and oxygen atoms in total. The van der Waals surface area contributed by atoms with Crippen molar-refractivity contribution in [2.75, 3.05) is 32.8 Å². The molecule has 0 aliphatic carbocycles. The number of rotatable bonds is 6. The predicted octanol–water partition coefficient (Wildman–Crippen LogP) is 3.59. The first-order valence-electron chi connectivity index (χ1n) is 9.55. The van der Waals surface area contributed by atoms with Crippen LogP contribution in [0.4, 0.5) is 5.69 Å². The molecule has 30 heavy (non-hydrogen) atoms. The summed E-state index contributed by atoms with van der Waals surface area (Å²) in [6.07, 6.45) is 0.308. The van der Waals surface area contributed by atoms with Crippen LogP contribution < -0.4 is 19.1 Å². The Kier molecular flexibility index (Phi) is 5.31. The van der Waals surface area contributed by atoms with E-state index >= 15 is 0 Å². The van der Waals surface area contributed by atoms with Crippen molar-refractivity contribution in [3.05, 3.63) is 47.8 Å². The Morgan fingerprint density at radius 3 is 2.47 bits per heavy atom. The number of ether oxygens (including phenoxy) is 3. The number of hydrogen-bond donors (Lipinski definition) is 0. The van der Waals surface area contributed by atoms with Gasteiger partial charge in [0, 0.05) is 24.4 Å². The lowest BCUT2D eigenvalue weighted by Gasteiger charge is -2.19. The van der Waals surface area contributed by atoms with Crippen molar-refractivity contribution in [3.63, 3.8) is 0 Å². The van der Waals surface area contributed by atoms with Crippen LogP contribution in [0.5, 0.6) is 17.2 Å². The highest BCUT2D eigenvalue weighted by Crippen LogP contribution is 2.37. The third-order valence-corrected chi connectivity index (χ3v) is 5.19. The van der Waals surface area contributed by atoms with Crippen molar-refractivity contribution in [2.45, 2.75) is 19.3 Å². The maximum atomic E-state index is 12.7. The Morgan fingerprint density at radius 1 is 1.00 bits per heavy atom. The molecule has 1 aliphatic rings. The van der Waals surface area contributed by atoms with E-state index in [1.54, 1.807) is 38.4 Å². The van der Waals surface area contributed by atoms with Gasteiger partial charge in [0.25, 0.3) is 5.89 Å². The summed E-state index contributed by atoms with van der Waals surface area (Å²) in [7, 11) is 4.74. The largest absolute Gasteiger partial charge is 0.495 e. The van der Waals surface area contributed by atoms with Gasteiger partial charge in [-0.25, -0.2) is 0 Å². The Balaban J connectivity index is 1.58. The first kappa shape index (κ1) is 19.8. The number of aromatic nitrogens is 2. The van der Waals surface area contributed by atoms with Crippen LogP contribution in [0.3, 0.4) is 0 Å². The Bertz CT molecular complexity index is 1080. The van der Waals surface area contributed by atoms with Crippen molar-refractivity contribution in [3.8, 4) is 28.7 Å². The molecule has 0 bridgehead atoms. The fourth-order valence-electron chi connectivity index (χ4n) is 3.61. The molecule has 1 aliphatic heterocycles. The normalized spacial score (nSPS) is 16.1. The summed E-state index contributed by atoms with van der Waals surface area (Å²) in [5, 5.41) is 4.13. The third kappa shape index (κ3) is 3.56. The highest BCUT2D eigenvalue weighted by molar-refractivity contribution is 5.97. The number of methoxy groups -OCH3 is 3. The van der Waals surface area contributed by atoms with Crippen molar-refractivity contribution in [1.29, 1.82) is 0 Å². The summed E-state index contributed by atoms with van der Waals surface area (Å²) in [5.74, 6) is 2.55. The van der Waals surface area contributed by atoms with E-state index in [1.165, 1.54) is 0 Å². The van der Waals surface area contributed by atoms with E-state index in [0.29, 0.717) is 47.5 Å². The molecular weight excluding hydrogens is 386 g/mol. The quantitative estimate of drug-likeness (QED) is 0.615. The van der Waals surface area contributed by atoms with Crippen LogP contribution in [0, 0.1) is 6.92 Å². The number of nitrogens with zero attached hydrogens (tertiary/aromatic N) is 3. The summed E-state index contributed by atoms with van der Waals surface area (Å²) in [4.78, 5) is 19.0. The van der Waals surface area contributed by atoms with E-state index in [2.05, 4.69) is 10.1 Å². The van der Waals surface area contributed by atoms with Crippen molar-refractivity contribution in [1.82, 2.24) is 10.1 Å². The van der Waals surface area contributed by atoms with E-state index in [0.717, 1.165) is 11.3 Å². The molecule has 0 saturated carbocycles. The van der Waals surface area contributed by atoms with Gasteiger partial charge < -0.3 is 23.6 Å². The molecule has 1 saturated heterocycles. The van der Waals surface area contributed by atoms with Crippen LogP contribution in [0.25, 0.3) is 11.5 Å². The third-order valence-electron chi connectivity index (χ3n) is 5.19. The predicted molar refractivity (Wildman–Crippen MR) is 110 cm³/mol. The molecule has 0 spiro atoms. The molecule has 2 aromatic carbocycles. The summed E-state index contributed by atoms with van der Waals surface area (Å²) in [6, 6.07) is 11.2. The van der Waals surface area contributed by atoms with Crippen LogP contribution in [0.1, 0.15) is 23.7 Å². The van der Waals surface area contributed by atoms with Gasteiger partial charge in [-0.05, 0) is 42.8 Å². The fraction of sp³-hybridized carbons (Fsp3) is 0.318. The zero-order valence-corrected chi connectivity index (χ0v) is 17.3. The van der Waals surface area contributed by atoms with Crippen LogP contribution >= 0.6 is 0 Å². The maximum absolute atomic E-state index is 12.7. The number of anilines is 1. The number of benzene rings is 2. The van der Waals surface area contributed by atoms with E-state index in [-0.39, 0.29) is 11.8 Å².